The first-order chi connectivity index (χ1) is 6.37. The molecule has 0 unspecified atom stereocenters. The molecular formula is C12H22O2. The lowest BCUT2D eigenvalue weighted by molar-refractivity contribution is -0.132. The van der Waals surface area contributed by atoms with Gasteiger partial charge in [0.2, 0.25) is 0 Å². The van der Waals surface area contributed by atoms with Gasteiger partial charge in [0.05, 0.1) is 0 Å². The highest BCUT2D eigenvalue weighted by Gasteiger charge is 2.13. The number of unbranched alkanes of at least 4 members (excludes halogenated alkanes) is 2. The molecule has 14 heavy (non-hydrogen) atoms. The maximum absolute atomic E-state index is 10.9. The van der Waals surface area contributed by atoms with Crippen molar-refractivity contribution < 1.29 is 9.90 Å². The largest absolute Gasteiger partial charge is 0.478 e. The summed E-state index contributed by atoms with van der Waals surface area (Å²) >= 11 is 0. The summed E-state index contributed by atoms with van der Waals surface area (Å²) < 4.78 is 0. The molecule has 0 saturated carbocycles. The molecule has 2 heteroatoms. The second-order valence-corrected chi connectivity index (χ2v) is 4.80. The fraction of sp³-hybridized carbons (Fsp3) is 0.750. The molecule has 0 saturated heterocycles. The van der Waals surface area contributed by atoms with Crippen LogP contribution in [0, 0.1) is 5.41 Å². The summed E-state index contributed by atoms with van der Waals surface area (Å²) in [5.41, 5.74) is 0.519. The summed E-state index contributed by atoms with van der Waals surface area (Å²) in [5, 5.41) is 8.97. The average molecular weight is 198 g/mol. The normalized spacial score (nSPS) is 13.0. The number of rotatable bonds is 5. The van der Waals surface area contributed by atoms with Gasteiger partial charge in [-0.1, -0.05) is 46.6 Å². The zero-order valence-corrected chi connectivity index (χ0v) is 9.76. The van der Waals surface area contributed by atoms with Crippen LogP contribution in [0.5, 0.6) is 0 Å². The number of allylic oxidation sites excluding steroid dienone is 1. The molecule has 0 aromatic carbocycles. The van der Waals surface area contributed by atoms with Crippen LogP contribution in [0.15, 0.2) is 11.6 Å². The molecule has 1 N–H and O–H groups in total. The Bertz CT molecular complexity index is 209. The smallest absolute Gasteiger partial charge is 0.331 e. The van der Waals surface area contributed by atoms with Crippen molar-refractivity contribution in [1.82, 2.24) is 0 Å². The summed E-state index contributed by atoms with van der Waals surface area (Å²) in [6, 6.07) is 0. The van der Waals surface area contributed by atoms with Gasteiger partial charge in [-0.25, -0.2) is 4.79 Å². The number of carboxylic acid groups (broad SMARTS) is 1. The number of hydrogen-bond donors (Lipinski definition) is 1. The number of hydrogen-bond acceptors (Lipinski definition) is 1. The lowest BCUT2D eigenvalue weighted by Gasteiger charge is -2.14. The Morgan fingerprint density at radius 2 is 1.86 bits per heavy atom. The second-order valence-electron chi connectivity index (χ2n) is 4.80. The van der Waals surface area contributed by atoms with Crippen LogP contribution in [-0.2, 0) is 4.79 Å². The molecule has 0 aliphatic rings. The van der Waals surface area contributed by atoms with Crippen LogP contribution in [0.2, 0.25) is 0 Å². The highest BCUT2D eigenvalue weighted by Crippen LogP contribution is 2.20. The summed E-state index contributed by atoms with van der Waals surface area (Å²) in [7, 11) is 0. The fourth-order valence-corrected chi connectivity index (χ4v) is 1.33. The third kappa shape index (κ3) is 6.70. The topological polar surface area (TPSA) is 37.3 Å². The molecule has 0 aliphatic heterocycles. The van der Waals surface area contributed by atoms with Gasteiger partial charge in [-0.2, -0.15) is 0 Å². The minimum atomic E-state index is -0.768. The third-order valence-corrected chi connectivity index (χ3v) is 1.93. The first-order valence-electron chi connectivity index (χ1n) is 5.32. The highest BCUT2D eigenvalue weighted by molar-refractivity contribution is 5.86. The van der Waals surface area contributed by atoms with E-state index in [9.17, 15) is 4.79 Å². The zero-order valence-electron chi connectivity index (χ0n) is 9.76. The first-order valence-corrected chi connectivity index (χ1v) is 5.32. The molecule has 0 radical (unpaired) electrons. The van der Waals surface area contributed by atoms with Crippen molar-refractivity contribution in [1.29, 1.82) is 0 Å². The van der Waals surface area contributed by atoms with E-state index in [2.05, 4.69) is 6.92 Å². The Balaban J connectivity index is 4.31. The van der Waals surface area contributed by atoms with E-state index in [1.807, 2.05) is 26.8 Å². The molecule has 0 aromatic rings. The van der Waals surface area contributed by atoms with E-state index in [-0.39, 0.29) is 5.41 Å². The summed E-state index contributed by atoms with van der Waals surface area (Å²) in [6.07, 6.45) is 5.77. The molecule has 2 nitrogen and oxygen atoms in total. The van der Waals surface area contributed by atoms with E-state index >= 15 is 0 Å². The van der Waals surface area contributed by atoms with Gasteiger partial charge >= 0.3 is 5.97 Å². The van der Waals surface area contributed by atoms with Gasteiger partial charge in [0.25, 0.3) is 0 Å². The third-order valence-electron chi connectivity index (χ3n) is 1.93. The number of aliphatic carboxylic acids is 1. The van der Waals surface area contributed by atoms with E-state index < -0.39 is 5.97 Å². The SMILES string of the molecule is CCCCC/C(=C\C(C)(C)C)C(=O)O. The quantitative estimate of drug-likeness (QED) is 0.541. The van der Waals surface area contributed by atoms with Gasteiger partial charge in [0.1, 0.15) is 0 Å². The van der Waals surface area contributed by atoms with Gasteiger partial charge in [-0.05, 0) is 18.3 Å². The van der Waals surface area contributed by atoms with E-state index in [0.717, 1.165) is 19.3 Å². The lowest BCUT2D eigenvalue weighted by Crippen LogP contribution is -2.08. The summed E-state index contributed by atoms with van der Waals surface area (Å²) in [4.78, 5) is 10.9. The van der Waals surface area contributed by atoms with Crippen molar-refractivity contribution in [2.24, 2.45) is 5.41 Å². The molecule has 0 heterocycles. The summed E-state index contributed by atoms with van der Waals surface area (Å²) in [5.74, 6) is -0.768. The van der Waals surface area contributed by atoms with Crippen LogP contribution >= 0.6 is 0 Å². The highest BCUT2D eigenvalue weighted by atomic mass is 16.4. The fourth-order valence-electron chi connectivity index (χ4n) is 1.33. The van der Waals surface area contributed by atoms with E-state index in [1.54, 1.807) is 0 Å². The molecule has 0 amide bonds. The van der Waals surface area contributed by atoms with Crippen molar-refractivity contribution >= 4 is 5.97 Å². The van der Waals surface area contributed by atoms with Crippen LogP contribution < -0.4 is 0 Å². The van der Waals surface area contributed by atoms with E-state index in [0.29, 0.717) is 12.0 Å². The first kappa shape index (κ1) is 13.2. The van der Waals surface area contributed by atoms with Crippen LogP contribution in [0.25, 0.3) is 0 Å². The van der Waals surface area contributed by atoms with E-state index in [1.165, 1.54) is 0 Å². The molecule has 82 valence electrons. The van der Waals surface area contributed by atoms with Gasteiger partial charge < -0.3 is 5.11 Å². The average Bonchev–Trinajstić information content (AvgIpc) is 2.00. The predicted octanol–water partition coefficient (Wildman–Crippen LogP) is 3.62. The Labute approximate surface area is 87.0 Å². The Kier molecular flexibility index (Phi) is 5.51. The molecule has 0 atom stereocenters. The van der Waals surface area contributed by atoms with Gasteiger partial charge in [0.15, 0.2) is 0 Å². The van der Waals surface area contributed by atoms with Crippen LogP contribution in [0.4, 0.5) is 0 Å². The molecule has 0 aromatic heterocycles. The Morgan fingerprint density at radius 1 is 1.29 bits per heavy atom. The second kappa shape index (κ2) is 5.84. The van der Waals surface area contributed by atoms with Crippen LogP contribution in [0.1, 0.15) is 53.4 Å². The van der Waals surface area contributed by atoms with Gasteiger partial charge in [-0.15, -0.1) is 0 Å². The predicted molar refractivity (Wildman–Crippen MR) is 59.3 cm³/mol. The lowest BCUT2D eigenvalue weighted by atomic mass is 9.92. The van der Waals surface area contributed by atoms with Crippen molar-refractivity contribution in [3.63, 3.8) is 0 Å². The molecule has 0 aliphatic carbocycles. The molecule has 0 bridgehead atoms. The van der Waals surface area contributed by atoms with Gasteiger partial charge in [-0.3, -0.25) is 0 Å². The Hall–Kier alpha value is -0.790. The number of carbonyl (C=O) groups is 1. The van der Waals surface area contributed by atoms with Crippen molar-refractivity contribution in [3.8, 4) is 0 Å². The molecule has 0 spiro atoms. The maximum Gasteiger partial charge on any atom is 0.331 e. The number of carboxylic acids is 1. The minimum Gasteiger partial charge on any atom is -0.478 e. The molecular weight excluding hydrogens is 176 g/mol. The van der Waals surface area contributed by atoms with E-state index in [4.69, 9.17) is 5.11 Å². The van der Waals surface area contributed by atoms with Gasteiger partial charge in [0, 0.05) is 5.57 Å². The Morgan fingerprint density at radius 3 is 2.21 bits per heavy atom. The van der Waals surface area contributed by atoms with Crippen molar-refractivity contribution in [2.75, 3.05) is 0 Å². The molecule has 0 fully saturated rings. The zero-order chi connectivity index (χ0) is 11.2. The molecule has 0 rings (SSSR count). The minimum absolute atomic E-state index is 0.0417. The maximum atomic E-state index is 10.9. The monoisotopic (exact) mass is 198 g/mol. The van der Waals surface area contributed by atoms with Crippen molar-refractivity contribution in [3.05, 3.63) is 11.6 Å². The standard InChI is InChI=1S/C12H22O2/c1-5-6-7-8-10(11(13)14)9-12(2,3)4/h9H,5-8H2,1-4H3,(H,13,14)/b10-9+. The van der Waals surface area contributed by atoms with Crippen LogP contribution in [0.3, 0.4) is 0 Å². The van der Waals surface area contributed by atoms with Crippen LogP contribution in [-0.4, -0.2) is 11.1 Å². The van der Waals surface area contributed by atoms with Crippen molar-refractivity contribution in [2.45, 2.75) is 53.4 Å². The summed E-state index contributed by atoms with van der Waals surface area (Å²) in [6.45, 7) is 8.19.